The number of rotatable bonds is 6. The van der Waals surface area contributed by atoms with Gasteiger partial charge in [-0.15, -0.1) is 0 Å². The first-order valence-corrected chi connectivity index (χ1v) is 7.77. The largest absolute Gasteiger partial charge is 0.394 e. The van der Waals surface area contributed by atoms with Gasteiger partial charge in [0, 0.05) is 17.6 Å². The first-order valence-electron chi connectivity index (χ1n) is 5.95. The van der Waals surface area contributed by atoms with Crippen molar-refractivity contribution in [2.75, 3.05) is 13.2 Å². The number of sulfonamides is 1. The lowest BCUT2D eigenvalue weighted by Crippen LogP contribution is -2.43. The van der Waals surface area contributed by atoms with E-state index in [-0.39, 0.29) is 16.5 Å². The molecule has 0 bridgehead atoms. The van der Waals surface area contributed by atoms with E-state index in [0.717, 1.165) is 22.5 Å². The van der Waals surface area contributed by atoms with Crippen LogP contribution in [-0.2, 0) is 10.0 Å². The van der Waals surface area contributed by atoms with E-state index >= 15 is 0 Å². The minimum absolute atomic E-state index is 0.0324. The van der Waals surface area contributed by atoms with Crippen LogP contribution in [0.15, 0.2) is 23.1 Å². The van der Waals surface area contributed by atoms with E-state index in [1.54, 1.807) is 13.8 Å². The molecule has 0 spiro atoms. The lowest BCUT2D eigenvalue weighted by molar-refractivity contribution is 0.0738. The first kappa shape index (κ1) is 17.3. The van der Waals surface area contributed by atoms with Gasteiger partial charge in [0.1, 0.15) is 5.82 Å². The molecule has 0 aliphatic rings. The van der Waals surface area contributed by atoms with Gasteiger partial charge in [0.2, 0.25) is 10.0 Å². The van der Waals surface area contributed by atoms with Crippen LogP contribution in [0.5, 0.6) is 0 Å². The first-order chi connectivity index (χ1) is 9.18. The zero-order valence-electron chi connectivity index (χ0n) is 11.1. The molecule has 1 aromatic carbocycles. The molecule has 114 valence electrons. The van der Waals surface area contributed by atoms with Gasteiger partial charge in [-0.2, -0.15) is 4.31 Å². The van der Waals surface area contributed by atoms with Crippen molar-refractivity contribution in [1.82, 2.24) is 4.31 Å². The van der Waals surface area contributed by atoms with Gasteiger partial charge in [0.15, 0.2) is 0 Å². The molecular formula is C12H17ClFNO4S. The molecule has 0 heterocycles. The summed E-state index contributed by atoms with van der Waals surface area (Å²) in [6, 6.07) is 2.54. The number of hydrogen-bond donors (Lipinski definition) is 2. The summed E-state index contributed by atoms with van der Waals surface area (Å²) in [7, 11) is -4.01. The topological polar surface area (TPSA) is 77.8 Å². The summed E-state index contributed by atoms with van der Waals surface area (Å²) in [6.07, 6.45) is -1.21. The van der Waals surface area contributed by atoms with E-state index in [9.17, 15) is 17.9 Å². The molecule has 20 heavy (non-hydrogen) atoms. The van der Waals surface area contributed by atoms with Gasteiger partial charge in [-0.3, -0.25) is 0 Å². The molecular weight excluding hydrogens is 309 g/mol. The summed E-state index contributed by atoms with van der Waals surface area (Å²) in [4.78, 5) is -0.290. The van der Waals surface area contributed by atoms with Crippen molar-refractivity contribution < 1.29 is 23.0 Å². The highest BCUT2D eigenvalue weighted by Gasteiger charge is 2.29. The summed E-state index contributed by atoms with van der Waals surface area (Å²) < 4.78 is 39.2. The molecule has 8 heteroatoms. The zero-order valence-corrected chi connectivity index (χ0v) is 12.7. The third-order valence-corrected chi connectivity index (χ3v) is 4.86. The lowest BCUT2D eigenvalue weighted by Gasteiger charge is -2.27. The smallest absolute Gasteiger partial charge is 0.243 e. The van der Waals surface area contributed by atoms with Crippen LogP contribution in [-0.4, -0.2) is 48.2 Å². The third-order valence-electron chi connectivity index (χ3n) is 2.62. The summed E-state index contributed by atoms with van der Waals surface area (Å²) in [5.41, 5.74) is 0. The highest BCUT2D eigenvalue weighted by molar-refractivity contribution is 7.89. The van der Waals surface area contributed by atoms with Crippen LogP contribution in [0.2, 0.25) is 5.02 Å². The maximum absolute atomic E-state index is 13.3. The van der Waals surface area contributed by atoms with Gasteiger partial charge >= 0.3 is 0 Å². The third kappa shape index (κ3) is 4.13. The summed E-state index contributed by atoms with van der Waals surface area (Å²) in [5.74, 6) is -0.762. The van der Waals surface area contributed by atoms with Gasteiger partial charge in [-0.25, -0.2) is 12.8 Å². The van der Waals surface area contributed by atoms with E-state index in [4.69, 9.17) is 16.7 Å². The molecule has 2 N–H and O–H groups in total. The molecule has 1 unspecified atom stereocenters. The molecule has 5 nitrogen and oxygen atoms in total. The molecule has 0 radical (unpaired) electrons. The van der Waals surface area contributed by atoms with E-state index in [1.807, 2.05) is 0 Å². The molecule has 1 rings (SSSR count). The van der Waals surface area contributed by atoms with Gasteiger partial charge in [-0.1, -0.05) is 11.6 Å². The van der Waals surface area contributed by atoms with Crippen LogP contribution >= 0.6 is 11.6 Å². The highest BCUT2D eigenvalue weighted by Crippen LogP contribution is 2.23. The summed E-state index contributed by atoms with van der Waals surface area (Å²) in [6.45, 7) is 2.37. The predicted octanol–water partition coefficient (Wildman–Crippen LogP) is 1.23. The molecule has 0 fully saturated rings. The maximum Gasteiger partial charge on any atom is 0.243 e. The van der Waals surface area contributed by atoms with Gasteiger partial charge in [0.25, 0.3) is 0 Å². The molecule has 0 aliphatic heterocycles. The second kappa shape index (κ2) is 6.82. The molecule has 0 saturated carbocycles. The molecule has 0 amide bonds. The standard InChI is InChI=1S/C12H17ClFNO4S/c1-8(2)15(6-11(17)7-16)20(18,19)12-4-9(13)3-10(14)5-12/h3-5,8,11,16-17H,6-7H2,1-2H3. The van der Waals surface area contributed by atoms with Crippen LogP contribution < -0.4 is 0 Å². The lowest BCUT2D eigenvalue weighted by atomic mass is 10.3. The molecule has 0 aliphatic carbocycles. The minimum Gasteiger partial charge on any atom is -0.394 e. The average Bonchev–Trinajstić information content (AvgIpc) is 2.33. The SMILES string of the molecule is CC(C)N(CC(O)CO)S(=O)(=O)c1cc(F)cc(Cl)c1. The second-order valence-electron chi connectivity index (χ2n) is 4.61. The Bertz CT molecular complexity index is 544. The Hall–Kier alpha value is -0.730. The van der Waals surface area contributed by atoms with Crippen molar-refractivity contribution >= 4 is 21.6 Å². The van der Waals surface area contributed by atoms with E-state index in [2.05, 4.69) is 0 Å². The van der Waals surface area contributed by atoms with Crippen LogP contribution in [0.1, 0.15) is 13.8 Å². The molecule has 0 aromatic heterocycles. The molecule has 1 atom stereocenters. The maximum atomic E-state index is 13.3. The van der Waals surface area contributed by atoms with Gasteiger partial charge in [-0.05, 0) is 32.0 Å². The number of halogens is 2. The van der Waals surface area contributed by atoms with E-state index in [0.29, 0.717) is 0 Å². The van der Waals surface area contributed by atoms with Gasteiger partial charge < -0.3 is 10.2 Å². The Labute approximate surface area is 122 Å². The van der Waals surface area contributed by atoms with Crippen LogP contribution in [0, 0.1) is 5.82 Å². The Morgan fingerprint density at radius 2 is 1.95 bits per heavy atom. The van der Waals surface area contributed by atoms with Crippen molar-refractivity contribution in [3.8, 4) is 0 Å². The number of aliphatic hydroxyl groups excluding tert-OH is 2. The van der Waals surface area contributed by atoms with E-state index in [1.165, 1.54) is 0 Å². The van der Waals surface area contributed by atoms with Crippen LogP contribution in [0.3, 0.4) is 0 Å². The van der Waals surface area contributed by atoms with Crippen LogP contribution in [0.25, 0.3) is 0 Å². The minimum atomic E-state index is -4.01. The van der Waals surface area contributed by atoms with Crippen LogP contribution in [0.4, 0.5) is 4.39 Å². The van der Waals surface area contributed by atoms with Crippen molar-refractivity contribution in [2.45, 2.75) is 30.9 Å². The fraction of sp³-hybridized carbons (Fsp3) is 0.500. The number of hydrogen-bond acceptors (Lipinski definition) is 4. The fourth-order valence-corrected chi connectivity index (χ4v) is 3.68. The second-order valence-corrected chi connectivity index (χ2v) is 6.94. The molecule has 0 saturated heterocycles. The summed E-state index contributed by atoms with van der Waals surface area (Å²) >= 11 is 5.66. The number of nitrogens with zero attached hydrogens (tertiary/aromatic N) is 1. The zero-order chi connectivity index (χ0) is 15.5. The average molecular weight is 326 g/mol. The molecule has 1 aromatic rings. The normalized spacial score (nSPS) is 14.0. The highest BCUT2D eigenvalue weighted by atomic mass is 35.5. The van der Waals surface area contributed by atoms with Crippen molar-refractivity contribution in [1.29, 1.82) is 0 Å². The monoisotopic (exact) mass is 325 g/mol. The number of aliphatic hydroxyl groups is 2. The van der Waals surface area contributed by atoms with Crippen molar-refractivity contribution in [2.24, 2.45) is 0 Å². The van der Waals surface area contributed by atoms with E-state index < -0.39 is 34.6 Å². The summed E-state index contributed by atoms with van der Waals surface area (Å²) in [5, 5.41) is 18.2. The fourth-order valence-electron chi connectivity index (χ4n) is 1.66. The Balaban J connectivity index is 3.22. The van der Waals surface area contributed by atoms with Gasteiger partial charge in [0.05, 0.1) is 17.6 Å². The van der Waals surface area contributed by atoms with Crippen molar-refractivity contribution in [3.05, 3.63) is 29.0 Å². The quantitative estimate of drug-likeness (QED) is 0.824. The predicted molar refractivity (Wildman–Crippen MR) is 73.5 cm³/mol. The Morgan fingerprint density at radius 3 is 2.40 bits per heavy atom. The number of benzene rings is 1. The van der Waals surface area contributed by atoms with Crippen molar-refractivity contribution in [3.63, 3.8) is 0 Å². The Morgan fingerprint density at radius 1 is 1.35 bits per heavy atom. The Kier molecular flexibility index (Phi) is 5.91.